The number of carbonyl (C=O) groups is 1. The van der Waals surface area contributed by atoms with Crippen molar-refractivity contribution < 1.29 is 27.4 Å². The fraction of sp³-hybridized carbons (Fsp3) is 0.278. The Morgan fingerprint density at radius 3 is 2.37 bits per heavy atom. The molecule has 0 aliphatic heterocycles. The van der Waals surface area contributed by atoms with Crippen molar-refractivity contribution >= 4 is 21.6 Å². The molecule has 0 aromatic heterocycles. The van der Waals surface area contributed by atoms with Crippen molar-refractivity contribution in [1.29, 1.82) is 0 Å². The Balaban J connectivity index is 1.95. The first-order valence-corrected chi connectivity index (χ1v) is 9.64. The van der Waals surface area contributed by atoms with Gasteiger partial charge in [0.15, 0.2) is 11.5 Å². The van der Waals surface area contributed by atoms with Crippen molar-refractivity contribution in [2.24, 2.45) is 0 Å². The Morgan fingerprint density at radius 2 is 1.70 bits per heavy atom. The van der Waals surface area contributed by atoms with Crippen LogP contribution in [0.1, 0.15) is 5.56 Å². The zero-order valence-electron chi connectivity index (χ0n) is 15.3. The lowest BCUT2D eigenvalue weighted by molar-refractivity contribution is -0.115. The number of anilines is 1. The number of hydrogen-bond acceptors (Lipinski definition) is 6. The number of nitrogens with one attached hydrogen (secondary N) is 2. The number of rotatable bonds is 9. The molecule has 0 aliphatic rings. The summed E-state index contributed by atoms with van der Waals surface area (Å²) in [5.74, 6) is 0.742. The molecule has 0 bridgehead atoms. The molecule has 1 amide bonds. The van der Waals surface area contributed by atoms with Crippen LogP contribution in [0.2, 0.25) is 0 Å². The second-order valence-corrected chi connectivity index (χ2v) is 7.36. The van der Waals surface area contributed by atoms with Crippen molar-refractivity contribution in [2.75, 3.05) is 33.2 Å². The SMILES string of the molecule is COc1cccc(NC(=O)CNS(=O)(=O)Cc2ccc(OC)c(OC)c2)c1. The van der Waals surface area contributed by atoms with Crippen molar-refractivity contribution in [3.05, 3.63) is 48.0 Å². The maximum absolute atomic E-state index is 12.2. The predicted octanol–water partition coefficient (Wildman–Crippen LogP) is 1.77. The molecule has 0 radical (unpaired) electrons. The van der Waals surface area contributed by atoms with Gasteiger partial charge < -0.3 is 19.5 Å². The summed E-state index contributed by atoms with van der Waals surface area (Å²) in [6, 6.07) is 11.6. The lowest BCUT2D eigenvalue weighted by Gasteiger charge is -2.11. The van der Waals surface area contributed by atoms with Crippen molar-refractivity contribution in [2.45, 2.75) is 5.75 Å². The lowest BCUT2D eigenvalue weighted by Crippen LogP contribution is -2.33. The molecule has 0 saturated carbocycles. The van der Waals surface area contributed by atoms with Crippen LogP contribution in [0.15, 0.2) is 42.5 Å². The van der Waals surface area contributed by atoms with Gasteiger partial charge in [-0.25, -0.2) is 13.1 Å². The standard InChI is InChI=1S/C18H22N2O6S/c1-24-15-6-4-5-14(10-15)20-18(21)11-19-27(22,23)12-13-7-8-16(25-2)17(9-13)26-3/h4-10,19H,11-12H2,1-3H3,(H,20,21). The Morgan fingerprint density at radius 1 is 0.963 bits per heavy atom. The van der Waals surface area contributed by atoms with Gasteiger partial charge in [-0.1, -0.05) is 12.1 Å². The average Bonchev–Trinajstić information content (AvgIpc) is 2.66. The zero-order valence-corrected chi connectivity index (χ0v) is 16.1. The number of benzene rings is 2. The van der Waals surface area contributed by atoms with E-state index in [0.29, 0.717) is 28.5 Å². The van der Waals surface area contributed by atoms with Crippen LogP contribution < -0.4 is 24.2 Å². The average molecular weight is 394 g/mol. The Labute approximate surface area is 158 Å². The van der Waals surface area contributed by atoms with Crippen LogP contribution in [0.5, 0.6) is 17.2 Å². The van der Waals surface area contributed by atoms with Crippen LogP contribution >= 0.6 is 0 Å². The number of sulfonamides is 1. The van der Waals surface area contributed by atoms with Crippen LogP contribution in [0.4, 0.5) is 5.69 Å². The second-order valence-electron chi connectivity index (χ2n) is 5.55. The normalized spacial score (nSPS) is 10.9. The van der Waals surface area contributed by atoms with Gasteiger partial charge in [-0.05, 0) is 29.8 Å². The van der Waals surface area contributed by atoms with E-state index in [0.717, 1.165) is 0 Å². The molecule has 27 heavy (non-hydrogen) atoms. The van der Waals surface area contributed by atoms with Gasteiger partial charge in [0.1, 0.15) is 5.75 Å². The summed E-state index contributed by atoms with van der Waals surface area (Å²) >= 11 is 0. The van der Waals surface area contributed by atoms with E-state index in [4.69, 9.17) is 14.2 Å². The second kappa shape index (κ2) is 9.24. The van der Waals surface area contributed by atoms with Crippen LogP contribution in [0.25, 0.3) is 0 Å². The monoisotopic (exact) mass is 394 g/mol. The highest BCUT2D eigenvalue weighted by Crippen LogP contribution is 2.28. The quantitative estimate of drug-likeness (QED) is 0.672. The Bertz CT molecular complexity index is 898. The predicted molar refractivity (Wildman–Crippen MR) is 102 cm³/mol. The molecule has 0 saturated heterocycles. The number of amides is 1. The van der Waals surface area contributed by atoms with Crippen molar-refractivity contribution in [1.82, 2.24) is 4.72 Å². The smallest absolute Gasteiger partial charge is 0.239 e. The van der Waals surface area contributed by atoms with Gasteiger partial charge in [0.25, 0.3) is 0 Å². The summed E-state index contributed by atoms with van der Waals surface area (Å²) in [5.41, 5.74) is 1.02. The first-order chi connectivity index (χ1) is 12.9. The number of methoxy groups -OCH3 is 3. The van der Waals surface area contributed by atoms with Gasteiger partial charge in [0.2, 0.25) is 15.9 Å². The molecule has 0 heterocycles. The van der Waals surface area contributed by atoms with Gasteiger partial charge in [-0.2, -0.15) is 0 Å². The molecule has 0 spiro atoms. The molecular weight excluding hydrogens is 372 g/mol. The highest BCUT2D eigenvalue weighted by Gasteiger charge is 2.15. The maximum Gasteiger partial charge on any atom is 0.239 e. The van der Waals surface area contributed by atoms with E-state index in [2.05, 4.69) is 10.0 Å². The Hall–Kier alpha value is -2.78. The zero-order chi connectivity index (χ0) is 19.9. The van der Waals surface area contributed by atoms with Crippen molar-refractivity contribution in [3.8, 4) is 17.2 Å². The van der Waals surface area contributed by atoms with Gasteiger partial charge in [-0.15, -0.1) is 0 Å². The van der Waals surface area contributed by atoms with E-state index in [1.807, 2.05) is 0 Å². The third kappa shape index (κ3) is 6.15. The van der Waals surface area contributed by atoms with Gasteiger partial charge in [-0.3, -0.25) is 4.79 Å². The fourth-order valence-electron chi connectivity index (χ4n) is 2.32. The minimum absolute atomic E-state index is 0.292. The maximum atomic E-state index is 12.2. The molecule has 146 valence electrons. The number of ether oxygens (including phenoxy) is 3. The highest BCUT2D eigenvalue weighted by molar-refractivity contribution is 7.88. The van der Waals surface area contributed by atoms with E-state index in [-0.39, 0.29) is 12.3 Å². The first kappa shape index (κ1) is 20.5. The molecule has 8 nitrogen and oxygen atoms in total. The Kier molecular flexibility index (Phi) is 7.03. The third-order valence-corrected chi connectivity index (χ3v) is 4.91. The minimum atomic E-state index is -3.71. The molecule has 2 aromatic carbocycles. The van der Waals surface area contributed by atoms with E-state index in [9.17, 15) is 13.2 Å². The lowest BCUT2D eigenvalue weighted by atomic mass is 10.2. The van der Waals surface area contributed by atoms with Gasteiger partial charge in [0, 0.05) is 11.8 Å². The van der Waals surface area contributed by atoms with E-state index in [1.54, 1.807) is 42.5 Å². The van der Waals surface area contributed by atoms with Crippen LogP contribution in [0.3, 0.4) is 0 Å². The molecule has 0 unspecified atom stereocenters. The van der Waals surface area contributed by atoms with E-state index < -0.39 is 15.9 Å². The fourth-order valence-corrected chi connectivity index (χ4v) is 3.39. The molecule has 9 heteroatoms. The molecule has 2 N–H and O–H groups in total. The summed E-state index contributed by atoms with van der Waals surface area (Å²) in [7, 11) is 0.772. The van der Waals surface area contributed by atoms with Gasteiger partial charge in [0.05, 0.1) is 33.6 Å². The molecular formula is C18H22N2O6S. The topological polar surface area (TPSA) is 103 Å². The minimum Gasteiger partial charge on any atom is -0.497 e. The summed E-state index contributed by atoms with van der Waals surface area (Å²) in [5, 5.41) is 2.60. The number of hydrogen-bond donors (Lipinski definition) is 2. The largest absolute Gasteiger partial charge is 0.497 e. The summed E-state index contributed by atoms with van der Waals surface area (Å²) in [6.07, 6.45) is 0. The van der Waals surface area contributed by atoms with E-state index in [1.165, 1.54) is 21.3 Å². The summed E-state index contributed by atoms with van der Waals surface area (Å²) in [4.78, 5) is 12.0. The molecule has 0 fully saturated rings. The third-order valence-electron chi connectivity index (χ3n) is 3.61. The van der Waals surface area contributed by atoms with E-state index >= 15 is 0 Å². The summed E-state index contributed by atoms with van der Waals surface area (Å²) in [6.45, 7) is -0.382. The van der Waals surface area contributed by atoms with Gasteiger partial charge >= 0.3 is 0 Å². The van der Waals surface area contributed by atoms with Crippen LogP contribution in [0, 0.1) is 0 Å². The molecule has 0 aliphatic carbocycles. The molecule has 0 atom stereocenters. The summed E-state index contributed by atoms with van der Waals surface area (Å²) < 4.78 is 42.1. The number of carbonyl (C=O) groups excluding carboxylic acids is 1. The molecule has 2 rings (SSSR count). The van der Waals surface area contributed by atoms with Crippen molar-refractivity contribution in [3.63, 3.8) is 0 Å². The highest BCUT2D eigenvalue weighted by atomic mass is 32.2. The first-order valence-electron chi connectivity index (χ1n) is 7.99. The van der Waals surface area contributed by atoms with Crippen LogP contribution in [-0.2, 0) is 20.6 Å². The van der Waals surface area contributed by atoms with Crippen LogP contribution in [-0.4, -0.2) is 42.2 Å². The molecule has 2 aromatic rings.